The summed E-state index contributed by atoms with van der Waals surface area (Å²) < 4.78 is 18.0. The molecule has 1 amide bonds. The van der Waals surface area contributed by atoms with E-state index in [1.807, 2.05) is 13.8 Å². The largest absolute Gasteiger partial charge is 0.379 e. The van der Waals surface area contributed by atoms with Crippen molar-refractivity contribution in [1.29, 1.82) is 0 Å². The van der Waals surface area contributed by atoms with E-state index in [-0.39, 0.29) is 23.1 Å². The number of halogens is 1. The first-order valence-electron chi connectivity index (χ1n) is 5.21. The summed E-state index contributed by atoms with van der Waals surface area (Å²) in [5.41, 5.74) is 0.154. The van der Waals surface area contributed by atoms with E-state index in [2.05, 4.69) is 10.3 Å². The molecule has 0 radical (unpaired) electrons. The van der Waals surface area contributed by atoms with Gasteiger partial charge in [-0.15, -0.1) is 0 Å². The highest BCUT2D eigenvalue weighted by molar-refractivity contribution is 5.92. The van der Waals surface area contributed by atoms with E-state index < -0.39 is 5.82 Å². The van der Waals surface area contributed by atoms with Crippen molar-refractivity contribution >= 4 is 5.91 Å². The Bertz CT molecular complexity index is 400. The standard InChI is InChI=1S/C11H15FN2O2/c1-11(2)6-16-5-9(11)14-10(15)8-3-7(12)4-13-8/h3-4,9,13H,5-6H2,1-2H3,(H,14,15)/t9-/m0/s1. The van der Waals surface area contributed by atoms with E-state index in [0.29, 0.717) is 13.2 Å². The van der Waals surface area contributed by atoms with Crippen molar-refractivity contribution < 1.29 is 13.9 Å². The van der Waals surface area contributed by atoms with Gasteiger partial charge in [-0.25, -0.2) is 4.39 Å². The molecular weight excluding hydrogens is 211 g/mol. The number of nitrogens with one attached hydrogen (secondary N) is 2. The lowest BCUT2D eigenvalue weighted by Crippen LogP contribution is -2.44. The second kappa shape index (κ2) is 3.90. The zero-order chi connectivity index (χ0) is 11.8. The lowest BCUT2D eigenvalue weighted by atomic mass is 9.88. The van der Waals surface area contributed by atoms with Gasteiger partial charge in [-0.3, -0.25) is 4.79 Å². The van der Waals surface area contributed by atoms with Crippen molar-refractivity contribution in [3.05, 3.63) is 23.8 Å². The first-order valence-corrected chi connectivity index (χ1v) is 5.21. The number of hydrogen-bond acceptors (Lipinski definition) is 2. The van der Waals surface area contributed by atoms with Gasteiger partial charge in [0, 0.05) is 17.7 Å². The van der Waals surface area contributed by atoms with Crippen LogP contribution in [0, 0.1) is 11.2 Å². The molecule has 0 bridgehead atoms. The van der Waals surface area contributed by atoms with Crippen LogP contribution in [-0.2, 0) is 4.74 Å². The highest BCUT2D eigenvalue weighted by atomic mass is 19.1. The molecule has 2 heterocycles. The lowest BCUT2D eigenvalue weighted by molar-refractivity contribution is 0.0910. The molecule has 1 atom stereocenters. The van der Waals surface area contributed by atoms with E-state index in [9.17, 15) is 9.18 Å². The fourth-order valence-corrected chi connectivity index (χ4v) is 1.74. The van der Waals surface area contributed by atoms with Gasteiger partial charge in [-0.1, -0.05) is 13.8 Å². The van der Waals surface area contributed by atoms with E-state index in [1.54, 1.807) is 0 Å². The van der Waals surface area contributed by atoms with Gasteiger partial charge in [0.05, 0.1) is 19.3 Å². The van der Waals surface area contributed by atoms with Crippen LogP contribution in [0.2, 0.25) is 0 Å². The summed E-state index contributed by atoms with van der Waals surface area (Å²) in [6.45, 7) is 5.18. The Morgan fingerprint density at radius 2 is 2.44 bits per heavy atom. The summed E-state index contributed by atoms with van der Waals surface area (Å²) in [5, 5.41) is 2.84. The summed E-state index contributed by atoms with van der Waals surface area (Å²) in [6, 6.07) is 1.14. The number of ether oxygens (including phenoxy) is 1. The van der Waals surface area contributed by atoms with E-state index in [4.69, 9.17) is 4.74 Å². The Morgan fingerprint density at radius 1 is 1.69 bits per heavy atom. The molecule has 1 saturated heterocycles. The molecule has 0 saturated carbocycles. The van der Waals surface area contributed by atoms with Crippen LogP contribution in [0.4, 0.5) is 4.39 Å². The minimum Gasteiger partial charge on any atom is -0.379 e. The first kappa shape index (κ1) is 11.1. The van der Waals surface area contributed by atoms with E-state index in [0.717, 1.165) is 6.20 Å². The highest BCUT2D eigenvalue weighted by Crippen LogP contribution is 2.27. The average molecular weight is 226 g/mol. The number of hydrogen-bond donors (Lipinski definition) is 2. The zero-order valence-corrected chi connectivity index (χ0v) is 9.34. The van der Waals surface area contributed by atoms with Crippen molar-refractivity contribution in [3.63, 3.8) is 0 Å². The molecule has 1 aliphatic heterocycles. The van der Waals surface area contributed by atoms with Gasteiger partial charge in [0.1, 0.15) is 11.5 Å². The van der Waals surface area contributed by atoms with Crippen molar-refractivity contribution in [2.75, 3.05) is 13.2 Å². The zero-order valence-electron chi connectivity index (χ0n) is 9.34. The van der Waals surface area contributed by atoms with Crippen molar-refractivity contribution in [2.45, 2.75) is 19.9 Å². The summed E-state index contributed by atoms with van der Waals surface area (Å²) in [4.78, 5) is 14.3. The minimum absolute atomic E-state index is 0.0358. The van der Waals surface area contributed by atoms with Gasteiger partial charge < -0.3 is 15.0 Å². The molecule has 2 rings (SSSR count). The predicted molar refractivity (Wildman–Crippen MR) is 56.6 cm³/mol. The third-order valence-electron chi connectivity index (χ3n) is 2.90. The van der Waals surface area contributed by atoms with Gasteiger partial charge >= 0.3 is 0 Å². The number of amides is 1. The molecule has 0 aromatic carbocycles. The molecule has 4 nitrogen and oxygen atoms in total. The smallest absolute Gasteiger partial charge is 0.268 e. The average Bonchev–Trinajstić information content (AvgIpc) is 2.74. The minimum atomic E-state index is -0.438. The van der Waals surface area contributed by atoms with E-state index in [1.165, 1.54) is 6.07 Å². The van der Waals surface area contributed by atoms with Gasteiger partial charge in [0.25, 0.3) is 5.91 Å². The third kappa shape index (κ3) is 2.09. The van der Waals surface area contributed by atoms with Crippen LogP contribution in [0.5, 0.6) is 0 Å². The lowest BCUT2D eigenvalue weighted by Gasteiger charge is -2.25. The molecule has 1 aromatic heterocycles. The van der Waals surface area contributed by atoms with Crippen LogP contribution < -0.4 is 5.32 Å². The second-order valence-corrected chi connectivity index (χ2v) is 4.76. The second-order valence-electron chi connectivity index (χ2n) is 4.76. The number of carbonyl (C=O) groups is 1. The Labute approximate surface area is 93.2 Å². The SMILES string of the molecule is CC1(C)COC[C@@H]1NC(=O)c1cc(F)c[nH]1. The van der Waals surface area contributed by atoms with Crippen molar-refractivity contribution in [1.82, 2.24) is 10.3 Å². The van der Waals surface area contributed by atoms with Crippen LogP contribution in [0.15, 0.2) is 12.3 Å². The van der Waals surface area contributed by atoms with Crippen LogP contribution in [0.25, 0.3) is 0 Å². The summed E-state index contributed by atoms with van der Waals surface area (Å²) >= 11 is 0. The molecule has 1 aromatic rings. The fourth-order valence-electron chi connectivity index (χ4n) is 1.74. The number of aromatic nitrogens is 1. The van der Waals surface area contributed by atoms with E-state index >= 15 is 0 Å². The molecule has 16 heavy (non-hydrogen) atoms. The van der Waals surface area contributed by atoms with Gasteiger partial charge in [-0.2, -0.15) is 0 Å². The maximum Gasteiger partial charge on any atom is 0.268 e. The Kier molecular flexibility index (Phi) is 2.71. The van der Waals surface area contributed by atoms with Crippen molar-refractivity contribution in [3.8, 4) is 0 Å². The first-order chi connectivity index (χ1) is 7.49. The van der Waals surface area contributed by atoms with Gasteiger partial charge in [0.15, 0.2) is 0 Å². The molecule has 0 spiro atoms. The fraction of sp³-hybridized carbons (Fsp3) is 0.545. The van der Waals surface area contributed by atoms with Crippen LogP contribution >= 0.6 is 0 Å². The Hall–Kier alpha value is -1.36. The van der Waals surface area contributed by atoms with Crippen LogP contribution in [0.3, 0.4) is 0 Å². The van der Waals surface area contributed by atoms with Gasteiger partial charge in [-0.05, 0) is 0 Å². The van der Waals surface area contributed by atoms with Crippen LogP contribution in [-0.4, -0.2) is 30.1 Å². The topological polar surface area (TPSA) is 54.1 Å². The Morgan fingerprint density at radius 3 is 2.94 bits per heavy atom. The normalized spacial score (nSPS) is 23.3. The summed E-state index contributed by atoms with van der Waals surface area (Å²) in [7, 11) is 0. The number of H-pyrrole nitrogens is 1. The summed E-state index contributed by atoms with van der Waals surface area (Å²) in [5.74, 6) is -0.737. The molecule has 0 aliphatic carbocycles. The molecule has 1 aliphatic rings. The molecule has 0 unspecified atom stereocenters. The highest BCUT2D eigenvalue weighted by Gasteiger charge is 2.36. The van der Waals surface area contributed by atoms with Gasteiger partial charge in [0.2, 0.25) is 0 Å². The number of rotatable bonds is 2. The molecular formula is C11H15FN2O2. The maximum atomic E-state index is 12.7. The van der Waals surface area contributed by atoms with Crippen LogP contribution in [0.1, 0.15) is 24.3 Å². The predicted octanol–water partition coefficient (Wildman–Crippen LogP) is 1.31. The number of aromatic amines is 1. The van der Waals surface area contributed by atoms with Crippen molar-refractivity contribution in [2.24, 2.45) is 5.41 Å². The quantitative estimate of drug-likeness (QED) is 0.798. The third-order valence-corrected chi connectivity index (χ3v) is 2.90. The Balaban J connectivity index is 2.03. The molecule has 5 heteroatoms. The maximum absolute atomic E-state index is 12.7. The monoisotopic (exact) mass is 226 g/mol. The summed E-state index contributed by atoms with van der Waals surface area (Å²) in [6.07, 6.45) is 1.16. The molecule has 2 N–H and O–H groups in total. The molecule has 1 fully saturated rings. The molecule has 88 valence electrons. The number of carbonyl (C=O) groups excluding carboxylic acids is 1.